The molecule has 0 aliphatic heterocycles. The summed E-state index contributed by atoms with van der Waals surface area (Å²) in [4.78, 5) is 24.9. The Morgan fingerprint density at radius 3 is 2.50 bits per heavy atom. The van der Waals surface area contributed by atoms with Crippen LogP contribution >= 0.6 is 23.2 Å². The highest BCUT2D eigenvalue weighted by atomic mass is 35.5. The van der Waals surface area contributed by atoms with Crippen molar-refractivity contribution in [1.29, 1.82) is 0 Å². The lowest BCUT2D eigenvalue weighted by molar-refractivity contribution is -0.121. The van der Waals surface area contributed by atoms with Crippen LogP contribution in [0.15, 0.2) is 18.2 Å². The molecule has 0 spiro atoms. The average molecular weight is 346 g/mol. The van der Waals surface area contributed by atoms with Crippen LogP contribution in [0.4, 0.5) is 4.79 Å². The molecule has 5 nitrogen and oxygen atoms in total. The quantitative estimate of drug-likeness (QED) is 0.832. The van der Waals surface area contributed by atoms with Crippen molar-refractivity contribution in [3.05, 3.63) is 33.8 Å². The van der Waals surface area contributed by atoms with Crippen LogP contribution in [0.3, 0.4) is 0 Å². The van der Waals surface area contributed by atoms with Crippen molar-refractivity contribution in [3.63, 3.8) is 0 Å². The number of carbonyl (C=O) groups excluding carboxylic acids is 2. The summed E-state index contributed by atoms with van der Waals surface area (Å²) in [6, 6.07) is 5.09. The maximum atomic E-state index is 11.9. The molecule has 1 rings (SSSR count). The molecule has 0 unspecified atom stereocenters. The van der Waals surface area contributed by atoms with Crippen LogP contribution in [-0.4, -0.2) is 36.5 Å². The van der Waals surface area contributed by atoms with Gasteiger partial charge in [0.25, 0.3) is 0 Å². The standard InChI is InChI=1S/C15H21Cl2N3O2/c1-10(2)19-14(21)6-7-18-15(22)20(3)9-11-4-5-12(16)13(17)8-11/h4-5,8,10H,6-7,9H2,1-3H3,(H,18,22)(H,19,21). The molecule has 2 N–H and O–H groups in total. The van der Waals surface area contributed by atoms with Gasteiger partial charge < -0.3 is 15.5 Å². The van der Waals surface area contributed by atoms with Crippen molar-refractivity contribution in [2.45, 2.75) is 32.9 Å². The molecule has 3 amide bonds. The molecule has 0 heterocycles. The molecule has 0 aliphatic rings. The van der Waals surface area contributed by atoms with Gasteiger partial charge in [0.15, 0.2) is 0 Å². The van der Waals surface area contributed by atoms with Gasteiger partial charge in [-0.3, -0.25) is 4.79 Å². The molecule has 0 saturated carbocycles. The maximum Gasteiger partial charge on any atom is 0.317 e. The van der Waals surface area contributed by atoms with E-state index >= 15 is 0 Å². The van der Waals surface area contributed by atoms with Crippen LogP contribution in [0.25, 0.3) is 0 Å². The van der Waals surface area contributed by atoms with Crippen LogP contribution in [0.2, 0.25) is 10.0 Å². The normalized spacial score (nSPS) is 10.5. The summed E-state index contributed by atoms with van der Waals surface area (Å²) in [6.45, 7) is 4.48. The Balaban J connectivity index is 2.38. The number of carbonyl (C=O) groups is 2. The number of hydrogen-bond donors (Lipinski definition) is 2. The minimum Gasteiger partial charge on any atom is -0.354 e. The van der Waals surface area contributed by atoms with Crippen LogP contribution in [-0.2, 0) is 11.3 Å². The van der Waals surface area contributed by atoms with E-state index in [4.69, 9.17) is 23.2 Å². The Hall–Kier alpha value is -1.46. The zero-order chi connectivity index (χ0) is 16.7. The number of halogens is 2. The van der Waals surface area contributed by atoms with Gasteiger partial charge in [0.05, 0.1) is 10.0 Å². The van der Waals surface area contributed by atoms with Crippen LogP contribution in [0.5, 0.6) is 0 Å². The molecular formula is C15H21Cl2N3O2. The fourth-order valence-corrected chi connectivity index (χ4v) is 2.12. The molecule has 1 aromatic rings. The van der Waals surface area contributed by atoms with E-state index in [-0.39, 0.29) is 24.4 Å². The summed E-state index contributed by atoms with van der Waals surface area (Å²) in [5.41, 5.74) is 0.879. The van der Waals surface area contributed by atoms with E-state index in [1.54, 1.807) is 19.2 Å². The Labute approximate surface area is 141 Å². The van der Waals surface area contributed by atoms with E-state index in [9.17, 15) is 9.59 Å². The van der Waals surface area contributed by atoms with Crippen molar-refractivity contribution in [2.75, 3.05) is 13.6 Å². The lowest BCUT2D eigenvalue weighted by atomic mass is 10.2. The molecule has 7 heteroatoms. The van der Waals surface area contributed by atoms with Crippen molar-refractivity contribution in [3.8, 4) is 0 Å². The number of rotatable bonds is 6. The fourth-order valence-electron chi connectivity index (χ4n) is 1.80. The van der Waals surface area contributed by atoms with E-state index < -0.39 is 0 Å². The Bertz CT molecular complexity index is 536. The first kappa shape index (κ1) is 18.6. The Kier molecular flexibility index (Phi) is 7.48. The molecule has 122 valence electrons. The molecule has 22 heavy (non-hydrogen) atoms. The molecule has 0 aromatic heterocycles. The van der Waals surface area contributed by atoms with Crippen LogP contribution < -0.4 is 10.6 Å². The number of nitrogens with zero attached hydrogens (tertiary/aromatic N) is 1. The average Bonchev–Trinajstić information content (AvgIpc) is 2.41. The molecule has 0 bridgehead atoms. The van der Waals surface area contributed by atoms with Crippen molar-refractivity contribution in [1.82, 2.24) is 15.5 Å². The summed E-state index contributed by atoms with van der Waals surface area (Å²) in [5.74, 6) is -0.0811. The molecule has 0 aliphatic carbocycles. The van der Waals surface area contributed by atoms with E-state index in [2.05, 4.69) is 10.6 Å². The maximum absolute atomic E-state index is 11.9. The summed E-state index contributed by atoms with van der Waals surface area (Å²) in [7, 11) is 1.67. The number of hydrogen-bond acceptors (Lipinski definition) is 2. The predicted molar refractivity (Wildman–Crippen MR) is 89.2 cm³/mol. The highest BCUT2D eigenvalue weighted by Crippen LogP contribution is 2.23. The first-order valence-electron chi connectivity index (χ1n) is 7.02. The zero-order valence-electron chi connectivity index (χ0n) is 13.0. The van der Waals surface area contributed by atoms with Crippen LogP contribution in [0, 0.1) is 0 Å². The SMILES string of the molecule is CC(C)NC(=O)CCNC(=O)N(C)Cc1ccc(Cl)c(Cl)c1. The molecule has 0 saturated heterocycles. The topological polar surface area (TPSA) is 61.4 Å². The molecule has 0 fully saturated rings. The van der Waals surface area contributed by atoms with Crippen molar-refractivity contribution < 1.29 is 9.59 Å². The monoisotopic (exact) mass is 345 g/mol. The van der Waals surface area contributed by atoms with E-state index in [1.807, 2.05) is 19.9 Å². The highest BCUT2D eigenvalue weighted by Gasteiger charge is 2.10. The first-order chi connectivity index (χ1) is 10.3. The van der Waals surface area contributed by atoms with Crippen molar-refractivity contribution >= 4 is 35.1 Å². The molecule has 0 atom stereocenters. The molecule has 0 radical (unpaired) electrons. The van der Waals surface area contributed by atoms with E-state index in [0.717, 1.165) is 5.56 Å². The third-order valence-electron chi connectivity index (χ3n) is 2.83. The highest BCUT2D eigenvalue weighted by molar-refractivity contribution is 6.42. The number of amides is 3. The Morgan fingerprint density at radius 2 is 1.91 bits per heavy atom. The lowest BCUT2D eigenvalue weighted by Crippen LogP contribution is -2.39. The van der Waals surface area contributed by atoms with Gasteiger partial charge >= 0.3 is 6.03 Å². The third-order valence-corrected chi connectivity index (χ3v) is 3.57. The van der Waals surface area contributed by atoms with Gasteiger partial charge in [-0.05, 0) is 31.5 Å². The third kappa shape index (κ3) is 6.54. The minimum absolute atomic E-state index is 0.0811. The first-order valence-corrected chi connectivity index (χ1v) is 7.77. The van der Waals surface area contributed by atoms with Gasteiger partial charge in [0.1, 0.15) is 0 Å². The van der Waals surface area contributed by atoms with Gasteiger partial charge in [0, 0.05) is 32.6 Å². The summed E-state index contributed by atoms with van der Waals surface area (Å²) >= 11 is 11.8. The Morgan fingerprint density at radius 1 is 1.23 bits per heavy atom. The van der Waals surface area contributed by atoms with Gasteiger partial charge in [0.2, 0.25) is 5.91 Å². The smallest absolute Gasteiger partial charge is 0.317 e. The zero-order valence-corrected chi connectivity index (χ0v) is 14.5. The largest absolute Gasteiger partial charge is 0.354 e. The van der Waals surface area contributed by atoms with Crippen molar-refractivity contribution in [2.24, 2.45) is 0 Å². The number of urea groups is 1. The van der Waals surface area contributed by atoms with E-state index in [1.165, 1.54) is 4.90 Å². The van der Waals surface area contributed by atoms with Gasteiger partial charge in [-0.2, -0.15) is 0 Å². The van der Waals surface area contributed by atoms with Gasteiger partial charge in [-0.25, -0.2) is 4.79 Å². The minimum atomic E-state index is -0.247. The number of nitrogens with one attached hydrogen (secondary N) is 2. The second-order valence-electron chi connectivity index (χ2n) is 5.31. The second kappa shape index (κ2) is 8.86. The number of benzene rings is 1. The fraction of sp³-hybridized carbons (Fsp3) is 0.467. The summed E-state index contributed by atoms with van der Waals surface area (Å²) < 4.78 is 0. The van der Waals surface area contributed by atoms with Crippen LogP contribution in [0.1, 0.15) is 25.8 Å². The van der Waals surface area contributed by atoms with Gasteiger partial charge in [-0.1, -0.05) is 29.3 Å². The second-order valence-corrected chi connectivity index (χ2v) is 6.12. The van der Waals surface area contributed by atoms with Gasteiger partial charge in [-0.15, -0.1) is 0 Å². The summed E-state index contributed by atoms with van der Waals surface area (Å²) in [6.07, 6.45) is 0.254. The molecule has 1 aromatic carbocycles. The molecular weight excluding hydrogens is 325 g/mol. The van der Waals surface area contributed by atoms with E-state index in [0.29, 0.717) is 23.1 Å². The predicted octanol–water partition coefficient (Wildman–Crippen LogP) is 3.05. The summed E-state index contributed by atoms with van der Waals surface area (Å²) in [5, 5.41) is 6.40. The lowest BCUT2D eigenvalue weighted by Gasteiger charge is -2.18.